The van der Waals surface area contributed by atoms with E-state index in [1.54, 1.807) is 26.0 Å². The molecule has 0 aromatic heterocycles. The summed E-state index contributed by atoms with van der Waals surface area (Å²) in [5.41, 5.74) is 0.143. The van der Waals surface area contributed by atoms with Gasteiger partial charge in [0.2, 0.25) is 10.0 Å². The number of hydrogen-bond acceptors (Lipinski definition) is 6. The predicted octanol–water partition coefficient (Wildman–Crippen LogP) is 0.0302. The lowest BCUT2D eigenvalue weighted by molar-refractivity contribution is -0.137. The second-order valence-corrected chi connectivity index (χ2v) is 7.16. The summed E-state index contributed by atoms with van der Waals surface area (Å²) in [5.74, 6) is -1.17. The van der Waals surface area contributed by atoms with Gasteiger partial charge in [0.25, 0.3) is 11.8 Å². The van der Waals surface area contributed by atoms with E-state index in [0.29, 0.717) is 0 Å². The van der Waals surface area contributed by atoms with E-state index in [9.17, 15) is 18.0 Å². The Labute approximate surface area is 140 Å². The Morgan fingerprint density at radius 1 is 1.21 bits per heavy atom. The normalized spacial score (nSPS) is 15.2. The lowest BCUT2D eigenvalue weighted by atomic mass is 10.3. The van der Waals surface area contributed by atoms with Crippen LogP contribution in [0.15, 0.2) is 40.9 Å². The van der Waals surface area contributed by atoms with Gasteiger partial charge in [0.15, 0.2) is 0 Å². The Balaban J connectivity index is 2.31. The molecule has 0 radical (unpaired) electrons. The lowest BCUT2D eigenvalue weighted by Crippen LogP contribution is -2.34. The minimum absolute atomic E-state index is 0.0274. The lowest BCUT2D eigenvalue weighted by Gasteiger charge is -2.16. The third-order valence-electron chi connectivity index (χ3n) is 3.17. The van der Waals surface area contributed by atoms with Crippen LogP contribution < -0.4 is 10.0 Å². The second kappa shape index (κ2) is 7.12. The predicted molar refractivity (Wildman–Crippen MR) is 87.4 cm³/mol. The number of hydrogen-bond donors (Lipinski definition) is 3. The highest BCUT2D eigenvalue weighted by Gasteiger charge is 2.31. The number of sulfonamides is 1. The van der Waals surface area contributed by atoms with Gasteiger partial charge in [-0.1, -0.05) is 12.1 Å². The first-order chi connectivity index (χ1) is 11.3. The summed E-state index contributed by atoms with van der Waals surface area (Å²) in [6.07, 6.45) is 1.08. The third kappa shape index (κ3) is 3.81. The van der Waals surface area contributed by atoms with Crippen LogP contribution in [0.2, 0.25) is 0 Å². The van der Waals surface area contributed by atoms with Crippen molar-refractivity contribution in [2.45, 2.75) is 24.8 Å². The molecule has 1 aliphatic rings. The van der Waals surface area contributed by atoms with E-state index in [2.05, 4.69) is 10.0 Å². The van der Waals surface area contributed by atoms with Crippen LogP contribution >= 0.6 is 0 Å². The standard InChI is InChI=1S/C15H19N3O5S/c1-10(2)17-24(22,23)13-6-4-3-5-11(13)16-12-9-14(20)18(7-8-19)15(12)21/h3-6,9-10,16-17,19H,7-8H2,1-2H3. The molecule has 0 fully saturated rings. The number of nitrogens with zero attached hydrogens (tertiary/aromatic N) is 1. The van der Waals surface area contributed by atoms with Crippen molar-refractivity contribution in [1.29, 1.82) is 0 Å². The van der Waals surface area contributed by atoms with Crippen molar-refractivity contribution in [1.82, 2.24) is 9.62 Å². The van der Waals surface area contributed by atoms with Crippen LogP contribution in [0.3, 0.4) is 0 Å². The summed E-state index contributed by atoms with van der Waals surface area (Å²) in [6, 6.07) is 5.79. The average molecular weight is 353 g/mol. The molecule has 1 aliphatic heterocycles. The first-order valence-electron chi connectivity index (χ1n) is 7.33. The molecule has 1 heterocycles. The first-order valence-corrected chi connectivity index (χ1v) is 8.81. The van der Waals surface area contributed by atoms with Gasteiger partial charge < -0.3 is 10.4 Å². The first kappa shape index (κ1) is 18.1. The maximum Gasteiger partial charge on any atom is 0.277 e. The Bertz CT molecular complexity index is 786. The fourth-order valence-electron chi connectivity index (χ4n) is 2.23. The van der Waals surface area contributed by atoms with Crippen molar-refractivity contribution < 1.29 is 23.1 Å². The maximum absolute atomic E-state index is 12.4. The molecule has 0 unspecified atom stereocenters. The van der Waals surface area contributed by atoms with Crippen molar-refractivity contribution in [3.63, 3.8) is 0 Å². The molecule has 0 aliphatic carbocycles. The molecule has 8 nitrogen and oxygen atoms in total. The molecule has 1 aromatic carbocycles. The van der Waals surface area contributed by atoms with Crippen LogP contribution in [-0.2, 0) is 19.6 Å². The van der Waals surface area contributed by atoms with Gasteiger partial charge in [-0.05, 0) is 26.0 Å². The SMILES string of the molecule is CC(C)NS(=O)(=O)c1ccccc1NC1=CC(=O)N(CCO)C1=O. The van der Waals surface area contributed by atoms with Gasteiger partial charge in [0, 0.05) is 12.1 Å². The Kier molecular flexibility index (Phi) is 5.37. The van der Waals surface area contributed by atoms with Gasteiger partial charge in [-0.3, -0.25) is 14.5 Å². The number of aliphatic hydroxyl groups is 1. The minimum atomic E-state index is -3.78. The number of carbonyl (C=O) groups is 2. The second-order valence-electron chi connectivity index (χ2n) is 5.47. The highest BCUT2D eigenvalue weighted by atomic mass is 32.2. The van der Waals surface area contributed by atoms with Gasteiger partial charge in [-0.15, -0.1) is 0 Å². The van der Waals surface area contributed by atoms with Crippen molar-refractivity contribution in [3.8, 4) is 0 Å². The molecule has 0 saturated carbocycles. The largest absolute Gasteiger partial charge is 0.395 e. The number of imide groups is 1. The van der Waals surface area contributed by atoms with Gasteiger partial charge in [0.1, 0.15) is 10.6 Å². The quantitative estimate of drug-likeness (QED) is 0.596. The van der Waals surface area contributed by atoms with Crippen LogP contribution in [-0.4, -0.2) is 49.4 Å². The molecular weight excluding hydrogens is 334 g/mol. The smallest absolute Gasteiger partial charge is 0.277 e. The summed E-state index contributed by atoms with van der Waals surface area (Å²) in [7, 11) is -3.78. The van der Waals surface area contributed by atoms with Crippen molar-refractivity contribution in [3.05, 3.63) is 36.0 Å². The van der Waals surface area contributed by atoms with Crippen LogP contribution in [0.4, 0.5) is 5.69 Å². The number of β-amino-alcohol motifs (C(OH)–C–C–N with tert-alkyl or cyclic N) is 1. The van der Waals surface area contributed by atoms with Crippen LogP contribution in [0, 0.1) is 0 Å². The summed E-state index contributed by atoms with van der Waals surface area (Å²) in [5, 5.41) is 11.6. The number of rotatable bonds is 7. The molecule has 0 atom stereocenters. The summed E-state index contributed by atoms with van der Waals surface area (Å²) in [4.78, 5) is 24.8. The molecule has 2 rings (SSSR count). The monoisotopic (exact) mass is 353 g/mol. The summed E-state index contributed by atoms with van der Waals surface area (Å²) in [6.45, 7) is 2.93. The maximum atomic E-state index is 12.4. The fourth-order valence-corrected chi connectivity index (χ4v) is 3.65. The zero-order chi connectivity index (χ0) is 17.9. The van der Waals surface area contributed by atoms with E-state index >= 15 is 0 Å². The van der Waals surface area contributed by atoms with Crippen molar-refractivity contribution >= 4 is 27.5 Å². The highest BCUT2D eigenvalue weighted by molar-refractivity contribution is 7.89. The highest BCUT2D eigenvalue weighted by Crippen LogP contribution is 2.24. The zero-order valence-electron chi connectivity index (χ0n) is 13.3. The number of anilines is 1. The van der Waals surface area contributed by atoms with E-state index in [-0.39, 0.29) is 35.5 Å². The molecule has 3 N–H and O–H groups in total. The van der Waals surface area contributed by atoms with Gasteiger partial charge in [-0.2, -0.15) is 0 Å². The Hall–Kier alpha value is -2.23. The number of para-hydroxylation sites is 1. The van der Waals surface area contributed by atoms with Crippen molar-refractivity contribution in [2.75, 3.05) is 18.5 Å². The van der Waals surface area contributed by atoms with Gasteiger partial charge >= 0.3 is 0 Å². The van der Waals surface area contributed by atoms with Crippen molar-refractivity contribution in [2.24, 2.45) is 0 Å². The Morgan fingerprint density at radius 2 is 1.88 bits per heavy atom. The van der Waals surface area contributed by atoms with Gasteiger partial charge in [0.05, 0.1) is 18.8 Å². The summed E-state index contributed by atoms with van der Waals surface area (Å²) < 4.78 is 27.2. The zero-order valence-corrected chi connectivity index (χ0v) is 14.1. The Morgan fingerprint density at radius 3 is 2.50 bits per heavy atom. The number of aliphatic hydroxyl groups excluding tert-OH is 1. The van der Waals surface area contributed by atoms with E-state index < -0.39 is 21.8 Å². The van der Waals surface area contributed by atoms with E-state index in [0.717, 1.165) is 11.0 Å². The molecule has 130 valence electrons. The fraction of sp³-hybridized carbons (Fsp3) is 0.333. The molecule has 0 saturated heterocycles. The molecule has 2 amide bonds. The topological polar surface area (TPSA) is 116 Å². The third-order valence-corrected chi connectivity index (χ3v) is 4.89. The molecular formula is C15H19N3O5S. The molecule has 0 spiro atoms. The van der Waals surface area contributed by atoms with E-state index in [1.165, 1.54) is 12.1 Å². The number of benzene rings is 1. The number of nitrogens with one attached hydrogen (secondary N) is 2. The molecule has 24 heavy (non-hydrogen) atoms. The average Bonchev–Trinajstić information content (AvgIpc) is 2.74. The van der Waals surface area contributed by atoms with Crippen LogP contribution in [0.25, 0.3) is 0 Å². The molecule has 9 heteroatoms. The number of amides is 2. The van der Waals surface area contributed by atoms with E-state index in [1.807, 2.05) is 0 Å². The minimum Gasteiger partial charge on any atom is -0.395 e. The van der Waals surface area contributed by atoms with Crippen LogP contribution in [0.5, 0.6) is 0 Å². The van der Waals surface area contributed by atoms with E-state index in [4.69, 9.17) is 5.11 Å². The molecule has 1 aromatic rings. The number of carbonyl (C=O) groups excluding carboxylic acids is 2. The molecule has 0 bridgehead atoms. The van der Waals surface area contributed by atoms with Gasteiger partial charge in [-0.25, -0.2) is 13.1 Å². The summed E-state index contributed by atoms with van der Waals surface area (Å²) >= 11 is 0. The van der Waals surface area contributed by atoms with Crippen LogP contribution in [0.1, 0.15) is 13.8 Å².